The summed E-state index contributed by atoms with van der Waals surface area (Å²) in [6, 6.07) is 1.85. The first kappa shape index (κ1) is 14.3. The first-order valence-corrected chi connectivity index (χ1v) is 5.89. The third-order valence-corrected chi connectivity index (χ3v) is 2.55. The van der Waals surface area contributed by atoms with Crippen molar-refractivity contribution in [3.63, 3.8) is 0 Å². The standard InChI is InChI=1S/C11H18F3N3/c1-2-5-17(8-11(12,13)14)7-10(6-15)16-9-3-4-9/h9-10,16H,2-5,7-8H2,1H3. The Hall–Kier alpha value is -0.800. The molecule has 0 heterocycles. The number of nitriles is 1. The van der Waals surface area contributed by atoms with Crippen molar-refractivity contribution in [2.75, 3.05) is 19.6 Å². The van der Waals surface area contributed by atoms with Crippen LogP contribution in [0.15, 0.2) is 0 Å². The minimum atomic E-state index is -4.20. The number of nitrogens with zero attached hydrogens (tertiary/aromatic N) is 2. The Balaban J connectivity index is 2.42. The second-order valence-electron chi connectivity index (χ2n) is 4.47. The van der Waals surface area contributed by atoms with Crippen LogP contribution in [0.2, 0.25) is 0 Å². The van der Waals surface area contributed by atoms with E-state index in [1.807, 2.05) is 13.0 Å². The van der Waals surface area contributed by atoms with Crippen LogP contribution in [0.3, 0.4) is 0 Å². The van der Waals surface area contributed by atoms with E-state index in [1.54, 1.807) is 0 Å². The zero-order valence-corrected chi connectivity index (χ0v) is 9.93. The van der Waals surface area contributed by atoms with Gasteiger partial charge in [-0.2, -0.15) is 18.4 Å². The Bertz CT molecular complexity index is 268. The fourth-order valence-electron chi connectivity index (χ4n) is 1.73. The van der Waals surface area contributed by atoms with Crippen molar-refractivity contribution in [3.8, 4) is 6.07 Å². The summed E-state index contributed by atoms with van der Waals surface area (Å²) in [4.78, 5) is 1.29. The topological polar surface area (TPSA) is 39.1 Å². The molecule has 0 spiro atoms. The van der Waals surface area contributed by atoms with Gasteiger partial charge in [-0.1, -0.05) is 6.92 Å². The largest absolute Gasteiger partial charge is 0.401 e. The van der Waals surface area contributed by atoms with Crippen molar-refractivity contribution in [1.29, 1.82) is 5.26 Å². The Kier molecular flexibility index (Phi) is 5.22. The van der Waals surface area contributed by atoms with Crippen LogP contribution < -0.4 is 5.32 Å². The molecule has 0 radical (unpaired) electrons. The van der Waals surface area contributed by atoms with Gasteiger partial charge >= 0.3 is 6.18 Å². The molecule has 0 aromatic carbocycles. The number of halogens is 3. The molecule has 98 valence electrons. The van der Waals surface area contributed by atoms with Gasteiger partial charge in [-0.3, -0.25) is 10.2 Å². The third kappa shape index (κ3) is 6.49. The molecule has 0 aromatic rings. The zero-order chi connectivity index (χ0) is 12.9. The van der Waals surface area contributed by atoms with Crippen molar-refractivity contribution < 1.29 is 13.2 Å². The first-order chi connectivity index (χ1) is 7.94. The van der Waals surface area contributed by atoms with Crippen LogP contribution >= 0.6 is 0 Å². The molecule has 1 atom stereocenters. The summed E-state index contributed by atoms with van der Waals surface area (Å²) in [6.45, 7) is 1.40. The van der Waals surface area contributed by atoms with Gasteiger partial charge in [-0.15, -0.1) is 0 Å². The first-order valence-electron chi connectivity index (χ1n) is 5.89. The predicted octanol–water partition coefficient (Wildman–Crippen LogP) is 1.90. The maximum Gasteiger partial charge on any atom is 0.401 e. The van der Waals surface area contributed by atoms with E-state index in [-0.39, 0.29) is 6.54 Å². The van der Waals surface area contributed by atoms with Crippen molar-refractivity contribution in [3.05, 3.63) is 0 Å². The van der Waals surface area contributed by atoms with Crippen LogP contribution in [-0.4, -0.2) is 42.8 Å². The predicted molar refractivity (Wildman–Crippen MR) is 58.3 cm³/mol. The highest BCUT2D eigenvalue weighted by atomic mass is 19.4. The summed E-state index contributed by atoms with van der Waals surface area (Å²) >= 11 is 0. The molecule has 0 bridgehead atoms. The van der Waals surface area contributed by atoms with E-state index in [1.165, 1.54) is 4.90 Å². The second kappa shape index (κ2) is 6.22. The molecule has 1 rings (SSSR count). The van der Waals surface area contributed by atoms with Gasteiger partial charge in [0.05, 0.1) is 12.6 Å². The molecule has 1 fully saturated rings. The van der Waals surface area contributed by atoms with Crippen LogP contribution in [0.5, 0.6) is 0 Å². The monoisotopic (exact) mass is 249 g/mol. The SMILES string of the molecule is CCCN(CC(C#N)NC1CC1)CC(F)(F)F. The lowest BCUT2D eigenvalue weighted by Gasteiger charge is -2.25. The Labute approximate surface area is 99.6 Å². The third-order valence-electron chi connectivity index (χ3n) is 2.55. The van der Waals surface area contributed by atoms with E-state index in [2.05, 4.69) is 5.32 Å². The molecule has 6 heteroatoms. The summed E-state index contributed by atoms with van der Waals surface area (Å²) in [5.74, 6) is 0. The molecular weight excluding hydrogens is 231 g/mol. The van der Waals surface area contributed by atoms with Crippen LogP contribution in [0.1, 0.15) is 26.2 Å². The fraction of sp³-hybridized carbons (Fsp3) is 0.909. The molecule has 17 heavy (non-hydrogen) atoms. The smallest absolute Gasteiger partial charge is 0.298 e. The van der Waals surface area contributed by atoms with Crippen molar-refractivity contribution in [2.45, 2.75) is 44.4 Å². The maximum atomic E-state index is 12.3. The zero-order valence-electron chi connectivity index (χ0n) is 9.93. The fourth-order valence-corrected chi connectivity index (χ4v) is 1.73. The second-order valence-corrected chi connectivity index (χ2v) is 4.47. The van der Waals surface area contributed by atoms with E-state index in [9.17, 15) is 13.2 Å². The minimum Gasteiger partial charge on any atom is -0.298 e. The molecule has 0 saturated heterocycles. The molecule has 0 aromatic heterocycles. The average Bonchev–Trinajstić information content (AvgIpc) is 2.98. The van der Waals surface area contributed by atoms with Gasteiger partial charge in [0.2, 0.25) is 0 Å². The van der Waals surface area contributed by atoms with Gasteiger partial charge in [0.15, 0.2) is 0 Å². The summed E-state index contributed by atoms with van der Waals surface area (Å²) < 4.78 is 36.9. The van der Waals surface area contributed by atoms with Gasteiger partial charge < -0.3 is 0 Å². The van der Waals surface area contributed by atoms with Gasteiger partial charge in [0.25, 0.3) is 0 Å². The minimum absolute atomic E-state index is 0.139. The molecule has 3 nitrogen and oxygen atoms in total. The molecular formula is C11H18F3N3. The Morgan fingerprint density at radius 1 is 1.47 bits per heavy atom. The van der Waals surface area contributed by atoms with E-state index in [0.717, 1.165) is 12.8 Å². The number of hydrogen-bond acceptors (Lipinski definition) is 3. The van der Waals surface area contributed by atoms with E-state index < -0.39 is 18.8 Å². The Morgan fingerprint density at radius 3 is 2.53 bits per heavy atom. The lowest BCUT2D eigenvalue weighted by atomic mass is 10.2. The van der Waals surface area contributed by atoms with E-state index >= 15 is 0 Å². The molecule has 1 N–H and O–H groups in total. The number of rotatable bonds is 7. The molecule has 1 unspecified atom stereocenters. The van der Waals surface area contributed by atoms with Gasteiger partial charge in [0.1, 0.15) is 6.04 Å². The molecule has 0 aliphatic heterocycles. The highest BCUT2D eigenvalue weighted by Gasteiger charge is 2.32. The summed E-state index contributed by atoms with van der Waals surface area (Å²) in [5.41, 5.74) is 0. The summed E-state index contributed by atoms with van der Waals surface area (Å²) in [7, 11) is 0. The highest BCUT2D eigenvalue weighted by Crippen LogP contribution is 2.20. The van der Waals surface area contributed by atoms with Crippen molar-refractivity contribution in [2.24, 2.45) is 0 Å². The van der Waals surface area contributed by atoms with E-state index in [0.29, 0.717) is 19.0 Å². The quantitative estimate of drug-likeness (QED) is 0.749. The van der Waals surface area contributed by atoms with Crippen molar-refractivity contribution in [1.82, 2.24) is 10.2 Å². The van der Waals surface area contributed by atoms with Crippen LogP contribution in [0.25, 0.3) is 0 Å². The van der Waals surface area contributed by atoms with Crippen LogP contribution in [0.4, 0.5) is 13.2 Å². The maximum absolute atomic E-state index is 12.3. The highest BCUT2D eigenvalue weighted by molar-refractivity contribution is 4.97. The summed E-state index contributed by atoms with van der Waals surface area (Å²) in [6.07, 6.45) is -1.51. The normalized spacial score (nSPS) is 18.1. The number of hydrogen-bond donors (Lipinski definition) is 1. The molecule has 0 amide bonds. The van der Waals surface area contributed by atoms with Gasteiger partial charge in [-0.05, 0) is 25.8 Å². The number of nitrogens with one attached hydrogen (secondary N) is 1. The summed E-state index contributed by atoms with van der Waals surface area (Å²) in [5, 5.41) is 11.9. The van der Waals surface area contributed by atoms with Gasteiger partial charge in [-0.25, -0.2) is 0 Å². The average molecular weight is 249 g/mol. The lowest BCUT2D eigenvalue weighted by molar-refractivity contribution is -0.146. The molecule has 1 saturated carbocycles. The molecule has 1 aliphatic carbocycles. The van der Waals surface area contributed by atoms with Crippen LogP contribution in [0, 0.1) is 11.3 Å². The Morgan fingerprint density at radius 2 is 2.12 bits per heavy atom. The number of alkyl halides is 3. The molecule has 1 aliphatic rings. The van der Waals surface area contributed by atoms with Gasteiger partial charge in [0, 0.05) is 12.6 Å². The lowest BCUT2D eigenvalue weighted by Crippen LogP contribution is -2.44. The van der Waals surface area contributed by atoms with E-state index in [4.69, 9.17) is 5.26 Å². The van der Waals surface area contributed by atoms with Crippen molar-refractivity contribution >= 4 is 0 Å². The van der Waals surface area contributed by atoms with Crippen LogP contribution in [-0.2, 0) is 0 Å².